The number of hydrogen-bond donors (Lipinski definition) is 1. The van der Waals surface area contributed by atoms with E-state index in [9.17, 15) is 4.79 Å². The Balaban J connectivity index is 1.37. The van der Waals surface area contributed by atoms with Crippen LogP contribution in [0.2, 0.25) is 5.02 Å². The van der Waals surface area contributed by atoms with Gasteiger partial charge in [0, 0.05) is 29.9 Å². The van der Waals surface area contributed by atoms with E-state index in [0.717, 1.165) is 55.3 Å². The van der Waals surface area contributed by atoms with Crippen LogP contribution in [0.15, 0.2) is 36.4 Å². The number of nitrogens with one attached hydrogen (secondary N) is 1. The Hall–Kier alpha value is -2.51. The Morgan fingerprint density at radius 2 is 1.86 bits per heavy atom. The van der Waals surface area contributed by atoms with E-state index in [0.29, 0.717) is 16.8 Å². The number of halogens is 1. The summed E-state index contributed by atoms with van der Waals surface area (Å²) in [4.78, 5) is 18.4. The Morgan fingerprint density at radius 1 is 1.14 bits per heavy atom. The second kappa shape index (κ2) is 7.85. The molecule has 0 unspecified atom stereocenters. The van der Waals surface area contributed by atoms with Crippen molar-refractivity contribution in [3.63, 3.8) is 0 Å². The van der Waals surface area contributed by atoms with Gasteiger partial charge >= 0.3 is 0 Å². The Morgan fingerprint density at radius 3 is 2.54 bits per heavy atom. The number of fused-ring (bicyclic) bond motifs is 1. The van der Waals surface area contributed by atoms with Crippen molar-refractivity contribution < 1.29 is 4.79 Å². The molecule has 0 saturated heterocycles. The monoisotopic (exact) mass is 393 g/mol. The summed E-state index contributed by atoms with van der Waals surface area (Å²) < 4.78 is 0. The van der Waals surface area contributed by atoms with E-state index in [-0.39, 0.29) is 11.9 Å². The first-order chi connectivity index (χ1) is 13.6. The second-order valence-electron chi connectivity index (χ2n) is 7.80. The van der Waals surface area contributed by atoms with Crippen LogP contribution >= 0.6 is 11.6 Å². The number of carbonyl (C=O) groups excluding carboxylic acids is 1. The van der Waals surface area contributed by atoms with Gasteiger partial charge in [0.25, 0.3) is 5.91 Å². The topological polar surface area (TPSA) is 36.7 Å². The molecule has 0 radical (unpaired) electrons. The zero-order valence-corrected chi connectivity index (χ0v) is 16.8. The predicted octanol–water partition coefficient (Wildman–Crippen LogP) is 5.30. The molecule has 0 bridgehead atoms. The van der Waals surface area contributed by atoms with E-state index in [1.165, 1.54) is 5.69 Å². The van der Waals surface area contributed by atoms with Gasteiger partial charge in [-0.1, -0.05) is 35.4 Å². The first-order valence-electron chi connectivity index (χ1n) is 9.90. The average molecular weight is 394 g/mol. The molecule has 0 aromatic heterocycles. The van der Waals surface area contributed by atoms with Crippen LogP contribution < -0.4 is 10.2 Å². The first-order valence-corrected chi connectivity index (χ1v) is 10.3. The highest BCUT2D eigenvalue weighted by molar-refractivity contribution is 6.34. The number of rotatable bonds is 3. The van der Waals surface area contributed by atoms with Gasteiger partial charge in [-0.15, -0.1) is 0 Å². The molecular formula is C23H24ClN3O. The largest absolute Gasteiger partial charge is 0.368 e. The Kier molecular flexibility index (Phi) is 5.28. The zero-order chi connectivity index (χ0) is 19.7. The molecule has 1 aliphatic heterocycles. The highest BCUT2D eigenvalue weighted by atomic mass is 35.5. The second-order valence-corrected chi connectivity index (χ2v) is 8.17. The lowest BCUT2D eigenvalue weighted by Crippen LogP contribution is -2.43. The fraction of sp³-hybridized carbons (Fsp3) is 0.391. The van der Waals surface area contributed by atoms with E-state index in [1.807, 2.05) is 43.3 Å². The van der Waals surface area contributed by atoms with Gasteiger partial charge in [-0.05, 0) is 62.8 Å². The predicted molar refractivity (Wildman–Crippen MR) is 113 cm³/mol. The number of nitrogens with zero attached hydrogens (tertiary/aromatic N) is 2. The van der Waals surface area contributed by atoms with Crippen molar-refractivity contribution in [2.45, 2.75) is 51.1 Å². The summed E-state index contributed by atoms with van der Waals surface area (Å²) in [6, 6.07) is 12.3. The van der Waals surface area contributed by atoms with Gasteiger partial charge < -0.3 is 10.2 Å². The standard InChI is InChI=1S/C23H24ClN3O/c1-15-3-5-16(6-4-15)23(28)26-17-7-9-18(10-8-17)27-14-13-19-21(27)12-11-20(25-2)22(19)24/h3-6,11-12,17-18H,7-10,13-14H2,1H3,(H,26,28). The Labute approximate surface area is 171 Å². The molecule has 4 nitrogen and oxygen atoms in total. The summed E-state index contributed by atoms with van der Waals surface area (Å²) in [5.41, 5.74) is 4.73. The molecule has 1 fully saturated rings. The summed E-state index contributed by atoms with van der Waals surface area (Å²) in [6.07, 6.45) is 4.99. The van der Waals surface area contributed by atoms with Gasteiger partial charge in [0.15, 0.2) is 0 Å². The van der Waals surface area contributed by atoms with Crippen molar-refractivity contribution >= 4 is 28.9 Å². The minimum atomic E-state index is 0.0217. The van der Waals surface area contributed by atoms with Crippen LogP contribution in [0.3, 0.4) is 0 Å². The van der Waals surface area contributed by atoms with Gasteiger partial charge in [0.1, 0.15) is 0 Å². The number of amides is 1. The number of carbonyl (C=O) groups is 1. The minimum absolute atomic E-state index is 0.0217. The van der Waals surface area contributed by atoms with Gasteiger partial charge in [-0.25, -0.2) is 4.85 Å². The molecule has 0 spiro atoms. The van der Waals surface area contributed by atoms with E-state index in [1.54, 1.807) is 0 Å². The molecule has 28 heavy (non-hydrogen) atoms. The van der Waals surface area contributed by atoms with Crippen LogP contribution in [-0.2, 0) is 6.42 Å². The number of hydrogen-bond acceptors (Lipinski definition) is 2. The summed E-state index contributed by atoms with van der Waals surface area (Å²) in [5.74, 6) is 0.0217. The van der Waals surface area contributed by atoms with Crippen LogP contribution in [0.5, 0.6) is 0 Å². The van der Waals surface area contributed by atoms with Crippen LogP contribution in [0.4, 0.5) is 11.4 Å². The smallest absolute Gasteiger partial charge is 0.251 e. The first kappa shape index (κ1) is 18.8. The molecule has 2 aromatic rings. The highest BCUT2D eigenvalue weighted by Gasteiger charge is 2.31. The summed E-state index contributed by atoms with van der Waals surface area (Å²) in [5, 5.41) is 3.82. The van der Waals surface area contributed by atoms with Crippen molar-refractivity contribution in [3.05, 3.63) is 69.5 Å². The van der Waals surface area contributed by atoms with Gasteiger partial charge in [0.05, 0.1) is 11.6 Å². The molecular weight excluding hydrogens is 370 g/mol. The fourth-order valence-corrected chi connectivity index (χ4v) is 4.73. The molecule has 5 heteroatoms. The third kappa shape index (κ3) is 3.59. The molecule has 1 amide bonds. The van der Waals surface area contributed by atoms with E-state index < -0.39 is 0 Å². The lowest BCUT2D eigenvalue weighted by molar-refractivity contribution is 0.0925. The summed E-state index contributed by atoms with van der Waals surface area (Å²) in [7, 11) is 0. The maximum atomic E-state index is 12.5. The van der Waals surface area contributed by atoms with Gasteiger partial charge in [-0.2, -0.15) is 0 Å². The van der Waals surface area contributed by atoms with Crippen LogP contribution in [0.25, 0.3) is 4.85 Å². The normalized spacial score (nSPS) is 21.1. The molecule has 1 aliphatic carbocycles. The molecule has 1 saturated carbocycles. The zero-order valence-electron chi connectivity index (χ0n) is 16.0. The molecule has 2 aromatic carbocycles. The Bertz CT molecular complexity index is 924. The van der Waals surface area contributed by atoms with Crippen molar-refractivity contribution in [2.75, 3.05) is 11.4 Å². The maximum Gasteiger partial charge on any atom is 0.251 e. The third-order valence-corrected chi connectivity index (χ3v) is 6.44. The van der Waals surface area contributed by atoms with E-state index in [4.69, 9.17) is 18.2 Å². The lowest BCUT2D eigenvalue weighted by atomic mass is 9.90. The van der Waals surface area contributed by atoms with Crippen molar-refractivity contribution in [1.82, 2.24) is 5.32 Å². The van der Waals surface area contributed by atoms with Gasteiger partial charge in [-0.3, -0.25) is 4.79 Å². The van der Waals surface area contributed by atoms with Gasteiger partial charge in [0.2, 0.25) is 5.69 Å². The van der Waals surface area contributed by atoms with Crippen molar-refractivity contribution in [3.8, 4) is 0 Å². The quantitative estimate of drug-likeness (QED) is 0.718. The number of anilines is 1. The fourth-order valence-electron chi connectivity index (χ4n) is 4.43. The van der Waals surface area contributed by atoms with E-state index >= 15 is 0 Å². The molecule has 4 rings (SSSR count). The van der Waals surface area contributed by atoms with Crippen LogP contribution in [0.1, 0.15) is 47.2 Å². The molecule has 2 aliphatic rings. The SMILES string of the molecule is [C-]#[N+]c1ccc2c(c1Cl)CCN2C1CCC(NC(=O)c2ccc(C)cc2)CC1. The highest BCUT2D eigenvalue weighted by Crippen LogP contribution is 2.41. The summed E-state index contributed by atoms with van der Waals surface area (Å²) in [6.45, 7) is 10.2. The van der Waals surface area contributed by atoms with Crippen LogP contribution in [0, 0.1) is 13.5 Å². The van der Waals surface area contributed by atoms with Crippen LogP contribution in [-0.4, -0.2) is 24.5 Å². The molecule has 0 atom stereocenters. The molecule has 1 N–H and O–H groups in total. The molecule has 1 heterocycles. The average Bonchev–Trinajstić information content (AvgIpc) is 3.14. The lowest BCUT2D eigenvalue weighted by Gasteiger charge is -2.36. The number of aryl methyl sites for hydroxylation is 1. The minimum Gasteiger partial charge on any atom is -0.368 e. The van der Waals surface area contributed by atoms with E-state index in [2.05, 4.69) is 15.1 Å². The third-order valence-electron chi connectivity index (χ3n) is 6.02. The maximum absolute atomic E-state index is 12.5. The summed E-state index contributed by atoms with van der Waals surface area (Å²) >= 11 is 6.42. The molecule has 144 valence electrons. The van der Waals surface area contributed by atoms with Crippen molar-refractivity contribution in [2.24, 2.45) is 0 Å². The van der Waals surface area contributed by atoms with Crippen molar-refractivity contribution in [1.29, 1.82) is 0 Å². The number of benzene rings is 2.